The molecule has 1 aliphatic carbocycles. The number of hydrogen-bond donors (Lipinski definition) is 3. The summed E-state index contributed by atoms with van der Waals surface area (Å²) in [5, 5.41) is 15.5. The number of hydrogen-bond acceptors (Lipinski definition) is 7. The van der Waals surface area contributed by atoms with Crippen LogP contribution >= 0.6 is 23.2 Å². The summed E-state index contributed by atoms with van der Waals surface area (Å²) in [6.45, 7) is 6.26. The lowest BCUT2D eigenvalue weighted by molar-refractivity contribution is -0.143. The maximum Gasteiger partial charge on any atom is 0.306 e. The van der Waals surface area contributed by atoms with Gasteiger partial charge in [-0.25, -0.2) is 0 Å². The van der Waals surface area contributed by atoms with Crippen molar-refractivity contribution in [2.45, 2.75) is 45.2 Å². The normalized spacial score (nSPS) is 21.0. The van der Waals surface area contributed by atoms with Crippen LogP contribution < -0.4 is 15.4 Å². The Morgan fingerprint density at radius 1 is 1.26 bits per heavy atom. The van der Waals surface area contributed by atoms with E-state index in [1.54, 1.807) is 36.3 Å². The molecule has 1 aliphatic heterocycles. The van der Waals surface area contributed by atoms with E-state index in [4.69, 9.17) is 37.8 Å². The van der Waals surface area contributed by atoms with Crippen LogP contribution in [0.1, 0.15) is 39.5 Å². The lowest BCUT2D eigenvalue weighted by Crippen LogP contribution is -2.35. The number of benzene rings is 1. The molecule has 1 aromatic carbocycles. The van der Waals surface area contributed by atoms with E-state index in [1.807, 2.05) is 20.9 Å². The van der Waals surface area contributed by atoms with Gasteiger partial charge in [-0.2, -0.15) is 0 Å². The van der Waals surface area contributed by atoms with E-state index < -0.39 is 11.6 Å². The highest BCUT2D eigenvalue weighted by Gasteiger charge is 2.29. The molecular formula is C28H39Cl2N3O5. The van der Waals surface area contributed by atoms with Crippen molar-refractivity contribution >= 4 is 35.5 Å². The zero-order valence-corrected chi connectivity index (χ0v) is 24.1. The van der Waals surface area contributed by atoms with Crippen LogP contribution in [0.25, 0.3) is 0 Å². The molecule has 1 saturated carbocycles. The van der Waals surface area contributed by atoms with Crippen LogP contribution in [0.3, 0.4) is 0 Å². The number of ether oxygens (including phenoxy) is 2. The molecule has 1 unspecified atom stereocenters. The third-order valence-electron chi connectivity index (χ3n) is 6.35. The fourth-order valence-corrected chi connectivity index (χ4v) is 4.76. The van der Waals surface area contributed by atoms with Gasteiger partial charge in [-0.05, 0) is 89.2 Å². The summed E-state index contributed by atoms with van der Waals surface area (Å²) in [6.07, 6.45) is 4.62. The second kappa shape index (κ2) is 15.8. The third-order valence-corrected chi connectivity index (χ3v) is 6.95. The summed E-state index contributed by atoms with van der Waals surface area (Å²) in [7, 11) is 3.58. The van der Waals surface area contributed by atoms with Gasteiger partial charge < -0.3 is 30.1 Å². The highest BCUT2D eigenvalue weighted by Crippen LogP contribution is 2.28. The number of carboxylic acids is 1. The lowest BCUT2D eigenvalue weighted by Gasteiger charge is -2.25. The number of allylic oxidation sites excluding steroid dienone is 2. The monoisotopic (exact) mass is 567 g/mol. The van der Waals surface area contributed by atoms with E-state index in [-0.39, 0.29) is 11.3 Å². The SMILES string of the molecule is CNCC1CCC(C(=O)O)CC1.COCC(C)(C)C#CC1=C(C=O)N(CCOc2ccc(Cl)cc2)C(Cl)N1. The van der Waals surface area contributed by atoms with Gasteiger partial charge in [0.1, 0.15) is 23.8 Å². The number of carbonyl (C=O) groups excluding carboxylic acids is 1. The molecule has 0 amide bonds. The molecule has 1 atom stereocenters. The van der Waals surface area contributed by atoms with E-state index in [2.05, 4.69) is 22.5 Å². The predicted octanol–water partition coefficient (Wildman–Crippen LogP) is 4.33. The average Bonchev–Trinajstić information content (AvgIpc) is 3.19. The number of nitrogens with zero attached hydrogens (tertiary/aromatic N) is 1. The molecule has 0 aromatic heterocycles. The van der Waals surface area contributed by atoms with Gasteiger partial charge in [0, 0.05) is 17.5 Å². The molecule has 10 heteroatoms. The zero-order chi connectivity index (χ0) is 28.1. The van der Waals surface area contributed by atoms with Crippen molar-refractivity contribution in [3.8, 4) is 17.6 Å². The molecule has 0 spiro atoms. The molecule has 2 aliphatic rings. The Labute approximate surface area is 236 Å². The first-order valence-electron chi connectivity index (χ1n) is 12.7. The molecule has 1 fully saturated rings. The summed E-state index contributed by atoms with van der Waals surface area (Å²) in [5.41, 5.74) is 0.0459. The quantitative estimate of drug-likeness (QED) is 0.166. The molecule has 1 aromatic rings. The van der Waals surface area contributed by atoms with Gasteiger partial charge in [-0.3, -0.25) is 9.59 Å². The standard InChI is InChI=1S/C19H22Cl2N2O3.C9H17NO2/c1-19(2,13-25-3)9-8-16-17(12-24)23(18(21)22-16)10-11-26-15-6-4-14(20)5-7-15;1-10-6-7-2-4-8(5-3-7)9(11)12/h4-7,12,18,22H,10-11,13H2,1-3H3;7-8,10H,2-6H2,1H3,(H,11,12). The van der Waals surface area contributed by atoms with Gasteiger partial charge in [-0.15, -0.1) is 0 Å². The molecule has 0 radical (unpaired) electrons. The Kier molecular flexibility index (Phi) is 13.3. The molecule has 210 valence electrons. The van der Waals surface area contributed by atoms with Crippen LogP contribution in [0, 0.1) is 29.1 Å². The maximum atomic E-state index is 11.5. The van der Waals surface area contributed by atoms with Crippen molar-refractivity contribution in [2.24, 2.45) is 17.3 Å². The predicted molar refractivity (Wildman–Crippen MR) is 150 cm³/mol. The van der Waals surface area contributed by atoms with Crippen LogP contribution in [0.5, 0.6) is 5.75 Å². The van der Waals surface area contributed by atoms with Crippen molar-refractivity contribution in [2.75, 3.05) is 40.5 Å². The van der Waals surface area contributed by atoms with Gasteiger partial charge in [0.05, 0.1) is 19.1 Å². The molecular weight excluding hydrogens is 529 g/mol. The van der Waals surface area contributed by atoms with Gasteiger partial charge >= 0.3 is 5.97 Å². The lowest BCUT2D eigenvalue weighted by atomic mass is 9.82. The average molecular weight is 569 g/mol. The first-order chi connectivity index (χ1) is 18.1. The number of rotatable bonds is 10. The molecule has 3 N–H and O–H groups in total. The van der Waals surface area contributed by atoms with Crippen molar-refractivity contribution in [1.29, 1.82) is 0 Å². The largest absolute Gasteiger partial charge is 0.492 e. The fraction of sp³-hybridized carbons (Fsp3) is 0.571. The van der Waals surface area contributed by atoms with Gasteiger partial charge in [-0.1, -0.05) is 29.1 Å². The van der Waals surface area contributed by atoms with Crippen LogP contribution in [0.15, 0.2) is 35.7 Å². The van der Waals surface area contributed by atoms with Gasteiger partial charge in [0.25, 0.3) is 0 Å². The Hall–Kier alpha value is -2.44. The number of aldehydes is 1. The second-order valence-corrected chi connectivity index (χ2v) is 10.9. The minimum Gasteiger partial charge on any atom is -0.492 e. The highest BCUT2D eigenvalue weighted by atomic mass is 35.5. The van der Waals surface area contributed by atoms with Crippen molar-refractivity contribution < 1.29 is 24.2 Å². The first kappa shape index (κ1) is 31.8. The summed E-state index contributed by atoms with van der Waals surface area (Å²) in [5.74, 6) is 6.83. The first-order valence-corrected chi connectivity index (χ1v) is 13.6. The Balaban J connectivity index is 0.000000352. The van der Waals surface area contributed by atoms with Crippen molar-refractivity contribution in [1.82, 2.24) is 15.5 Å². The molecule has 0 bridgehead atoms. The molecule has 38 heavy (non-hydrogen) atoms. The number of nitrogens with one attached hydrogen (secondary N) is 2. The second-order valence-electron chi connectivity index (χ2n) is 10.0. The van der Waals surface area contributed by atoms with Gasteiger partial charge in [0.2, 0.25) is 0 Å². The molecule has 8 nitrogen and oxygen atoms in total. The maximum absolute atomic E-state index is 11.5. The highest BCUT2D eigenvalue weighted by molar-refractivity contribution is 6.30. The van der Waals surface area contributed by atoms with Gasteiger partial charge in [0.15, 0.2) is 11.9 Å². The number of aliphatic carboxylic acids is 1. The molecule has 3 rings (SSSR count). The summed E-state index contributed by atoms with van der Waals surface area (Å²) in [4.78, 5) is 23.9. The van der Waals surface area contributed by atoms with E-state index in [1.165, 1.54) is 0 Å². The number of carbonyl (C=O) groups is 2. The number of halogens is 2. The smallest absolute Gasteiger partial charge is 0.306 e. The third kappa shape index (κ3) is 10.4. The molecule has 0 saturated heterocycles. The number of carboxylic acid groups (broad SMARTS) is 1. The number of alkyl halides is 1. The fourth-order valence-electron chi connectivity index (χ4n) is 4.32. The topological polar surface area (TPSA) is 100 Å². The summed E-state index contributed by atoms with van der Waals surface area (Å²) >= 11 is 12.2. The summed E-state index contributed by atoms with van der Waals surface area (Å²) < 4.78 is 10.8. The Morgan fingerprint density at radius 2 is 1.92 bits per heavy atom. The van der Waals surface area contributed by atoms with Crippen molar-refractivity contribution in [3.05, 3.63) is 40.7 Å². The van der Waals surface area contributed by atoms with Crippen LogP contribution in [0.4, 0.5) is 0 Å². The van der Waals surface area contributed by atoms with E-state index in [0.717, 1.165) is 38.5 Å². The summed E-state index contributed by atoms with van der Waals surface area (Å²) in [6, 6.07) is 7.08. The van der Waals surface area contributed by atoms with Crippen molar-refractivity contribution in [3.63, 3.8) is 0 Å². The zero-order valence-electron chi connectivity index (χ0n) is 22.6. The van der Waals surface area contributed by atoms with E-state index in [0.29, 0.717) is 47.8 Å². The van der Waals surface area contributed by atoms with Crippen LogP contribution in [0.2, 0.25) is 5.02 Å². The van der Waals surface area contributed by atoms with Crippen LogP contribution in [-0.2, 0) is 14.3 Å². The minimum absolute atomic E-state index is 0.0712. The Bertz CT molecular complexity index is 996. The Morgan fingerprint density at radius 3 is 2.47 bits per heavy atom. The number of methoxy groups -OCH3 is 1. The van der Waals surface area contributed by atoms with Crippen LogP contribution in [-0.4, -0.2) is 68.3 Å². The van der Waals surface area contributed by atoms with E-state index >= 15 is 0 Å². The van der Waals surface area contributed by atoms with E-state index in [9.17, 15) is 9.59 Å². The minimum atomic E-state index is -0.613. The molecule has 1 heterocycles.